The number of hydrogen-bond acceptors (Lipinski definition) is 9. The Balaban J connectivity index is 1.76. The number of anilines is 3. The molecule has 2 aromatic heterocycles. The monoisotopic (exact) mass is 554 g/mol. The van der Waals surface area contributed by atoms with Crippen molar-refractivity contribution in [2.45, 2.75) is 26.8 Å². The molecule has 0 spiro atoms. The highest BCUT2D eigenvalue weighted by atomic mass is 19.1. The molecule has 1 N–H and O–H groups in total. The highest BCUT2D eigenvalue weighted by Gasteiger charge is 2.23. The SMILES string of the molecule is COc1cc(N(C)CCN(C)C)c([N+](=O)[O-])cc1Nc1ncc(F)c(-c2cc(F)c3nc(C)n(C(C)C)c3c2)n1. The van der Waals surface area contributed by atoms with E-state index >= 15 is 4.39 Å². The molecule has 13 heteroatoms. The first-order chi connectivity index (χ1) is 18.9. The molecule has 212 valence electrons. The number of rotatable bonds is 10. The van der Waals surface area contributed by atoms with Crippen LogP contribution in [0.1, 0.15) is 25.7 Å². The molecule has 11 nitrogen and oxygen atoms in total. The fourth-order valence-electron chi connectivity index (χ4n) is 4.55. The zero-order chi connectivity index (χ0) is 29.3. The van der Waals surface area contributed by atoms with Gasteiger partial charge in [0.15, 0.2) is 11.6 Å². The van der Waals surface area contributed by atoms with Gasteiger partial charge in [-0.25, -0.2) is 23.7 Å². The summed E-state index contributed by atoms with van der Waals surface area (Å²) in [6, 6.07) is 5.69. The van der Waals surface area contributed by atoms with Gasteiger partial charge in [0.25, 0.3) is 5.69 Å². The molecule has 2 aromatic carbocycles. The van der Waals surface area contributed by atoms with E-state index in [1.165, 1.54) is 19.2 Å². The molecular weight excluding hydrogens is 522 g/mol. The summed E-state index contributed by atoms with van der Waals surface area (Å²) < 4.78 is 37.4. The lowest BCUT2D eigenvalue weighted by molar-refractivity contribution is -0.384. The Morgan fingerprint density at radius 1 is 1.10 bits per heavy atom. The highest BCUT2D eigenvalue weighted by Crippen LogP contribution is 2.39. The number of benzene rings is 2. The highest BCUT2D eigenvalue weighted by molar-refractivity contribution is 5.83. The van der Waals surface area contributed by atoms with E-state index in [1.54, 1.807) is 31.0 Å². The summed E-state index contributed by atoms with van der Waals surface area (Å²) in [6.45, 7) is 6.91. The fraction of sp³-hybridized carbons (Fsp3) is 0.370. The molecule has 0 aliphatic rings. The Hall–Kier alpha value is -4.39. The first kappa shape index (κ1) is 28.6. The standard InChI is InChI=1S/C27H32F2N8O3/c1-15(2)36-16(3)31-26-18(28)10-17(11-23(26)36)25-19(29)14-30-27(33-25)32-20-12-22(37(38)39)21(13-24(20)40-7)35(6)9-8-34(4)5/h10-15H,8-9H2,1-7H3,(H,30,32,33). The molecule has 4 aromatic rings. The summed E-state index contributed by atoms with van der Waals surface area (Å²) in [5, 5.41) is 14.8. The largest absolute Gasteiger partial charge is 0.494 e. The molecule has 4 rings (SSSR count). The third kappa shape index (κ3) is 5.64. The molecule has 0 aliphatic carbocycles. The molecule has 0 amide bonds. The number of hydrogen-bond donors (Lipinski definition) is 1. The van der Waals surface area contributed by atoms with Crippen LogP contribution in [0.25, 0.3) is 22.3 Å². The third-order valence-corrected chi connectivity index (χ3v) is 6.49. The molecule has 0 radical (unpaired) electrons. The molecule has 0 atom stereocenters. The molecule has 0 unspecified atom stereocenters. The Labute approximate surface area is 230 Å². The molecule has 0 bridgehead atoms. The molecule has 0 fully saturated rings. The zero-order valence-electron chi connectivity index (χ0n) is 23.5. The predicted octanol–water partition coefficient (Wildman–Crippen LogP) is 5.32. The normalized spacial score (nSPS) is 11.5. The number of nitro benzene ring substituents is 1. The minimum absolute atomic E-state index is 0.000257. The van der Waals surface area contributed by atoms with Gasteiger partial charge in [-0.05, 0) is 47.0 Å². The number of nitrogens with zero attached hydrogens (tertiary/aromatic N) is 7. The quantitative estimate of drug-likeness (QED) is 0.205. The van der Waals surface area contributed by atoms with Crippen LogP contribution in [0.5, 0.6) is 5.75 Å². The summed E-state index contributed by atoms with van der Waals surface area (Å²) in [5.41, 5.74) is 1.20. The third-order valence-electron chi connectivity index (χ3n) is 6.49. The van der Waals surface area contributed by atoms with Crippen molar-refractivity contribution in [2.24, 2.45) is 0 Å². The van der Waals surface area contributed by atoms with Crippen molar-refractivity contribution in [1.29, 1.82) is 0 Å². The van der Waals surface area contributed by atoms with Gasteiger partial charge >= 0.3 is 0 Å². The van der Waals surface area contributed by atoms with Gasteiger partial charge in [-0.1, -0.05) is 0 Å². The fourth-order valence-corrected chi connectivity index (χ4v) is 4.55. The average Bonchev–Trinajstić information content (AvgIpc) is 3.24. The Morgan fingerprint density at radius 3 is 2.45 bits per heavy atom. The number of ether oxygens (including phenoxy) is 1. The van der Waals surface area contributed by atoms with Gasteiger partial charge in [0.1, 0.15) is 28.5 Å². The summed E-state index contributed by atoms with van der Waals surface area (Å²) in [6.07, 6.45) is 0.960. The van der Waals surface area contributed by atoms with E-state index in [1.807, 2.05) is 37.4 Å². The second-order valence-corrected chi connectivity index (χ2v) is 9.99. The maximum Gasteiger partial charge on any atom is 0.294 e. The topological polar surface area (TPSA) is 114 Å². The van der Waals surface area contributed by atoms with E-state index in [9.17, 15) is 14.5 Å². The van der Waals surface area contributed by atoms with E-state index in [2.05, 4.69) is 20.3 Å². The molecular formula is C27H32F2N8O3. The molecule has 0 aliphatic heterocycles. The number of methoxy groups -OCH3 is 1. The van der Waals surface area contributed by atoms with Crippen molar-refractivity contribution in [3.05, 3.63) is 58.0 Å². The average molecular weight is 555 g/mol. The van der Waals surface area contributed by atoms with E-state index in [4.69, 9.17) is 4.74 Å². The van der Waals surface area contributed by atoms with Crippen molar-refractivity contribution in [3.8, 4) is 17.0 Å². The second kappa shape index (κ2) is 11.4. The van der Waals surface area contributed by atoms with Crippen LogP contribution in [0.4, 0.5) is 31.8 Å². The number of fused-ring (bicyclic) bond motifs is 1. The summed E-state index contributed by atoms with van der Waals surface area (Å²) in [4.78, 5) is 27.8. The molecule has 2 heterocycles. The van der Waals surface area contributed by atoms with Crippen LogP contribution in [0.2, 0.25) is 0 Å². The molecule has 40 heavy (non-hydrogen) atoms. The van der Waals surface area contributed by atoms with E-state index in [-0.39, 0.29) is 40.1 Å². The first-order valence-electron chi connectivity index (χ1n) is 12.6. The van der Waals surface area contributed by atoms with E-state index in [0.29, 0.717) is 35.9 Å². The lowest BCUT2D eigenvalue weighted by atomic mass is 10.1. The van der Waals surface area contributed by atoms with Crippen LogP contribution in [-0.4, -0.2) is 70.7 Å². The Morgan fingerprint density at radius 2 is 1.82 bits per heavy atom. The van der Waals surface area contributed by atoms with Gasteiger partial charge in [-0.3, -0.25) is 10.1 Å². The van der Waals surface area contributed by atoms with E-state index < -0.39 is 16.6 Å². The number of likely N-dealkylation sites (N-methyl/N-ethyl adjacent to an activating group) is 2. The van der Waals surface area contributed by atoms with Crippen molar-refractivity contribution >= 4 is 34.0 Å². The van der Waals surface area contributed by atoms with E-state index in [0.717, 1.165) is 6.20 Å². The van der Waals surface area contributed by atoms with Crippen LogP contribution in [0, 0.1) is 28.7 Å². The van der Waals surface area contributed by atoms with Crippen LogP contribution < -0.4 is 15.0 Å². The number of imidazole rings is 1. The van der Waals surface area contributed by atoms with Gasteiger partial charge in [-0.15, -0.1) is 0 Å². The van der Waals surface area contributed by atoms with Gasteiger partial charge < -0.3 is 24.4 Å². The van der Waals surface area contributed by atoms with Gasteiger partial charge in [0.2, 0.25) is 5.95 Å². The van der Waals surface area contributed by atoms with Crippen LogP contribution in [-0.2, 0) is 0 Å². The van der Waals surface area contributed by atoms with Crippen LogP contribution >= 0.6 is 0 Å². The molecule has 0 saturated carbocycles. The lowest BCUT2D eigenvalue weighted by Gasteiger charge is -2.22. The number of halogens is 2. The maximum absolute atomic E-state index is 15.0. The van der Waals surface area contributed by atoms with Gasteiger partial charge in [0.05, 0.1) is 29.4 Å². The summed E-state index contributed by atoms with van der Waals surface area (Å²) in [7, 11) is 7.03. The van der Waals surface area contributed by atoms with Crippen molar-refractivity contribution < 1.29 is 18.4 Å². The van der Waals surface area contributed by atoms with Crippen molar-refractivity contribution in [1.82, 2.24) is 24.4 Å². The maximum atomic E-state index is 15.0. The van der Waals surface area contributed by atoms with Gasteiger partial charge in [0, 0.05) is 43.9 Å². The minimum atomic E-state index is -0.757. The number of aryl methyl sites for hydroxylation is 1. The number of nitrogens with one attached hydrogen (secondary N) is 1. The Bertz CT molecular complexity index is 1570. The second-order valence-electron chi connectivity index (χ2n) is 9.99. The molecule has 0 saturated heterocycles. The smallest absolute Gasteiger partial charge is 0.294 e. The zero-order valence-corrected chi connectivity index (χ0v) is 23.5. The van der Waals surface area contributed by atoms with Crippen LogP contribution in [0.15, 0.2) is 30.5 Å². The van der Waals surface area contributed by atoms with Crippen LogP contribution in [0.3, 0.4) is 0 Å². The first-order valence-corrected chi connectivity index (χ1v) is 12.6. The summed E-state index contributed by atoms with van der Waals surface area (Å²) >= 11 is 0. The number of nitro groups is 1. The van der Waals surface area contributed by atoms with Gasteiger partial charge in [-0.2, -0.15) is 0 Å². The minimum Gasteiger partial charge on any atom is -0.494 e. The Kier molecular flexibility index (Phi) is 8.14. The lowest BCUT2D eigenvalue weighted by Crippen LogP contribution is -2.28. The predicted molar refractivity (Wildman–Crippen MR) is 151 cm³/mol. The number of aromatic nitrogens is 4. The van der Waals surface area contributed by atoms with Crippen molar-refractivity contribution in [3.63, 3.8) is 0 Å². The summed E-state index contributed by atoms with van der Waals surface area (Å²) in [5.74, 6) is -0.473. The van der Waals surface area contributed by atoms with Crippen molar-refractivity contribution in [2.75, 3.05) is 51.6 Å².